The summed E-state index contributed by atoms with van der Waals surface area (Å²) in [4.78, 5) is 23.6. The second-order valence-corrected chi connectivity index (χ2v) is 6.64. The normalized spacial score (nSPS) is 18.6. The number of hydrogen-bond acceptors (Lipinski definition) is 4. The Bertz CT molecular complexity index is 794. The Morgan fingerprint density at radius 1 is 1.12 bits per heavy atom. The van der Waals surface area contributed by atoms with Crippen LogP contribution in [0.25, 0.3) is 0 Å². The lowest BCUT2D eigenvalue weighted by molar-refractivity contribution is -0.385. The van der Waals surface area contributed by atoms with E-state index in [9.17, 15) is 14.9 Å². The van der Waals surface area contributed by atoms with Crippen LogP contribution in [-0.4, -0.2) is 10.7 Å². The van der Waals surface area contributed by atoms with E-state index < -0.39 is 11.0 Å². The summed E-state index contributed by atoms with van der Waals surface area (Å²) in [6.07, 6.45) is 3.06. The minimum absolute atomic E-state index is 0.0189. The molecule has 1 aliphatic rings. The molecule has 0 aromatic heterocycles. The molecule has 0 amide bonds. The van der Waals surface area contributed by atoms with E-state index >= 15 is 0 Å². The summed E-state index contributed by atoms with van der Waals surface area (Å²) in [7, 11) is 0. The Kier molecular flexibility index (Phi) is 5.34. The van der Waals surface area contributed by atoms with Crippen molar-refractivity contribution >= 4 is 28.8 Å². The molecule has 0 aliphatic heterocycles. The van der Waals surface area contributed by atoms with Crippen LogP contribution in [0.1, 0.15) is 37.3 Å². The molecule has 2 atom stereocenters. The first-order valence-electron chi connectivity index (χ1n) is 8.35. The molecular formula is C19H19ClN2O3. The highest BCUT2D eigenvalue weighted by Gasteiger charge is 2.35. The van der Waals surface area contributed by atoms with Crippen LogP contribution >= 0.6 is 11.6 Å². The smallest absolute Gasteiger partial charge is 0.274 e. The first kappa shape index (κ1) is 17.4. The molecule has 2 aromatic carbocycles. The van der Waals surface area contributed by atoms with Gasteiger partial charge < -0.3 is 5.32 Å². The minimum atomic E-state index is -0.478. The predicted molar refractivity (Wildman–Crippen MR) is 97.9 cm³/mol. The van der Waals surface area contributed by atoms with Gasteiger partial charge in [-0.15, -0.1) is 0 Å². The third-order valence-electron chi connectivity index (χ3n) is 4.66. The molecule has 0 spiro atoms. The van der Waals surface area contributed by atoms with Crippen LogP contribution < -0.4 is 5.32 Å². The van der Waals surface area contributed by atoms with E-state index in [0.717, 1.165) is 12.8 Å². The SMILES string of the molecule is O=C1CCCC[C@H]1[C@H](Nc1ccccc1Cl)c1ccccc1[N+](=O)[O-]. The third kappa shape index (κ3) is 3.82. The van der Waals surface area contributed by atoms with E-state index in [1.165, 1.54) is 6.07 Å². The molecule has 6 heteroatoms. The van der Waals surface area contributed by atoms with Crippen molar-refractivity contribution in [1.82, 2.24) is 0 Å². The summed E-state index contributed by atoms with van der Waals surface area (Å²) in [5.74, 6) is -0.153. The van der Waals surface area contributed by atoms with Gasteiger partial charge in [0.1, 0.15) is 5.78 Å². The molecule has 0 heterocycles. The maximum atomic E-state index is 12.5. The zero-order valence-electron chi connectivity index (χ0n) is 13.7. The molecule has 0 bridgehead atoms. The number of para-hydroxylation sites is 2. The molecule has 0 unspecified atom stereocenters. The summed E-state index contributed by atoms with van der Waals surface area (Å²) < 4.78 is 0. The van der Waals surface area contributed by atoms with Gasteiger partial charge in [-0.05, 0) is 25.0 Å². The van der Waals surface area contributed by atoms with Crippen LogP contribution in [0, 0.1) is 16.0 Å². The lowest BCUT2D eigenvalue weighted by atomic mass is 9.79. The molecule has 1 fully saturated rings. The molecule has 2 aromatic rings. The number of nitrogens with one attached hydrogen (secondary N) is 1. The summed E-state index contributed by atoms with van der Waals surface area (Å²) in [6, 6.07) is 13.3. The van der Waals surface area contributed by atoms with Crippen molar-refractivity contribution in [3.8, 4) is 0 Å². The Balaban J connectivity index is 2.04. The van der Waals surface area contributed by atoms with Crippen molar-refractivity contribution < 1.29 is 9.72 Å². The average molecular weight is 359 g/mol. The van der Waals surface area contributed by atoms with E-state index in [1.807, 2.05) is 18.2 Å². The number of ketones is 1. The van der Waals surface area contributed by atoms with Gasteiger partial charge in [0, 0.05) is 18.4 Å². The van der Waals surface area contributed by atoms with Crippen LogP contribution in [0.3, 0.4) is 0 Å². The van der Waals surface area contributed by atoms with Crippen LogP contribution in [0.5, 0.6) is 0 Å². The van der Waals surface area contributed by atoms with Gasteiger partial charge in [0.15, 0.2) is 0 Å². The monoisotopic (exact) mass is 358 g/mol. The molecule has 5 nitrogen and oxygen atoms in total. The lowest BCUT2D eigenvalue weighted by Crippen LogP contribution is -2.30. The van der Waals surface area contributed by atoms with Crippen molar-refractivity contribution in [3.05, 3.63) is 69.2 Å². The largest absolute Gasteiger partial charge is 0.376 e. The highest BCUT2D eigenvalue weighted by Crippen LogP contribution is 2.39. The zero-order chi connectivity index (χ0) is 17.8. The number of nitro groups is 1. The fourth-order valence-electron chi connectivity index (χ4n) is 3.42. The molecule has 0 saturated heterocycles. The van der Waals surface area contributed by atoms with Crippen molar-refractivity contribution in [3.63, 3.8) is 0 Å². The van der Waals surface area contributed by atoms with Gasteiger partial charge in [0.2, 0.25) is 0 Å². The standard InChI is InChI=1S/C19H19ClN2O3/c20-15-9-3-4-10-16(15)21-19(14-8-2-6-12-18(14)23)13-7-1-5-11-17(13)22(24)25/h1,3-5,7,9-11,14,19,21H,2,6,8,12H2/t14-,19-/m1/s1. The van der Waals surface area contributed by atoms with E-state index in [0.29, 0.717) is 29.1 Å². The summed E-state index contributed by atoms with van der Waals surface area (Å²) >= 11 is 6.25. The third-order valence-corrected chi connectivity index (χ3v) is 4.99. The number of nitro benzene ring substituents is 1. The van der Waals surface area contributed by atoms with Crippen molar-refractivity contribution in [2.45, 2.75) is 31.7 Å². The topological polar surface area (TPSA) is 72.2 Å². The van der Waals surface area contributed by atoms with E-state index in [2.05, 4.69) is 5.32 Å². The number of carbonyl (C=O) groups excluding carboxylic acids is 1. The molecular weight excluding hydrogens is 340 g/mol. The van der Waals surface area contributed by atoms with Gasteiger partial charge in [0.05, 0.1) is 27.2 Å². The maximum Gasteiger partial charge on any atom is 0.274 e. The number of anilines is 1. The molecule has 25 heavy (non-hydrogen) atoms. The minimum Gasteiger partial charge on any atom is -0.376 e. The van der Waals surface area contributed by atoms with Crippen LogP contribution in [0.2, 0.25) is 5.02 Å². The zero-order valence-corrected chi connectivity index (χ0v) is 14.4. The van der Waals surface area contributed by atoms with Crippen LogP contribution in [0.15, 0.2) is 48.5 Å². The van der Waals surface area contributed by atoms with E-state index in [-0.39, 0.29) is 17.4 Å². The number of rotatable bonds is 5. The second kappa shape index (κ2) is 7.66. The number of halogens is 1. The first-order valence-corrected chi connectivity index (χ1v) is 8.73. The molecule has 1 N–H and O–H groups in total. The Labute approximate surface area is 151 Å². The van der Waals surface area contributed by atoms with Crippen LogP contribution in [0.4, 0.5) is 11.4 Å². The molecule has 130 valence electrons. The van der Waals surface area contributed by atoms with Crippen molar-refractivity contribution in [2.75, 3.05) is 5.32 Å². The van der Waals surface area contributed by atoms with Gasteiger partial charge in [-0.2, -0.15) is 0 Å². The van der Waals surface area contributed by atoms with Gasteiger partial charge in [-0.3, -0.25) is 14.9 Å². The Morgan fingerprint density at radius 2 is 1.84 bits per heavy atom. The average Bonchev–Trinajstić information content (AvgIpc) is 2.62. The van der Waals surface area contributed by atoms with Crippen LogP contribution in [-0.2, 0) is 4.79 Å². The van der Waals surface area contributed by atoms with Crippen molar-refractivity contribution in [1.29, 1.82) is 0 Å². The van der Waals surface area contributed by atoms with Crippen molar-refractivity contribution in [2.24, 2.45) is 5.92 Å². The van der Waals surface area contributed by atoms with Gasteiger partial charge in [-0.25, -0.2) is 0 Å². The number of benzene rings is 2. The number of hydrogen-bond donors (Lipinski definition) is 1. The van der Waals surface area contributed by atoms with Gasteiger partial charge in [0.25, 0.3) is 5.69 Å². The molecule has 1 aliphatic carbocycles. The second-order valence-electron chi connectivity index (χ2n) is 6.24. The van der Waals surface area contributed by atoms with E-state index in [1.54, 1.807) is 24.3 Å². The summed E-state index contributed by atoms with van der Waals surface area (Å²) in [5, 5.41) is 15.3. The Morgan fingerprint density at radius 3 is 2.56 bits per heavy atom. The maximum absolute atomic E-state index is 12.5. The number of carbonyl (C=O) groups is 1. The highest BCUT2D eigenvalue weighted by molar-refractivity contribution is 6.33. The quantitative estimate of drug-likeness (QED) is 0.591. The van der Waals surface area contributed by atoms with Gasteiger partial charge >= 0.3 is 0 Å². The highest BCUT2D eigenvalue weighted by atomic mass is 35.5. The summed E-state index contributed by atoms with van der Waals surface area (Å²) in [6.45, 7) is 0. The number of Topliss-reactive ketones (excluding diaryl/α,β-unsaturated/α-hetero) is 1. The predicted octanol–water partition coefficient (Wildman–Crippen LogP) is 5.16. The van der Waals surface area contributed by atoms with Gasteiger partial charge in [-0.1, -0.05) is 48.4 Å². The number of nitrogens with zero attached hydrogens (tertiary/aromatic N) is 1. The molecule has 3 rings (SSSR count). The molecule has 1 saturated carbocycles. The molecule has 0 radical (unpaired) electrons. The fraction of sp³-hybridized carbons (Fsp3) is 0.316. The lowest BCUT2D eigenvalue weighted by Gasteiger charge is -2.31. The fourth-order valence-corrected chi connectivity index (χ4v) is 3.61. The first-order chi connectivity index (χ1) is 12.1. The Hall–Kier alpha value is -2.40. The van der Waals surface area contributed by atoms with E-state index in [4.69, 9.17) is 11.6 Å². The summed E-state index contributed by atoms with van der Waals surface area (Å²) in [5.41, 5.74) is 1.21.